The van der Waals surface area contributed by atoms with Gasteiger partial charge in [-0.1, -0.05) is 0 Å². The first-order valence-corrected chi connectivity index (χ1v) is 6.66. The van der Waals surface area contributed by atoms with Crippen molar-refractivity contribution in [2.45, 2.75) is 18.9 Å². The zero-order valence-electron chi connectivity index (χ0n) is 9.85. The molecule has 0 aliphatic carbocycles. The number of nitrogens with zero attached hydrogens (tertiary/aromatic N) is 1. The van der Waals surface area contributed by atoms with Crippen molar-refractivity contribution in [3.8, 4) is 0 Å². The zero-order valence-corrected chi connectivity index (χ0v) is 10.7. The number of nitrogens with one attached hydrogen (secondary N) is 1. The number of ether oxygens (including phenoxy) is 1. The third-order valence-electron chi connectivity index (χ3n) is 2.48. The fourth-order valence-corrected chi connectivity index (χ4v) is 2.66. The number of aliphatic carboxylic acids is 1. The molecule has 1 heterocycles. The predicted octanol–water partition coefficient (Wildman–Crippen LogP) is 0.582. The van der Waals surface area contributed by atoms with Crippen molar-refractivity contribution in [1.82, 2.24) is 10.2 Å². The maximum atomic E-state index is 11.7. The molecular formula is C10H18N2O4S. The lowest BCUT2D eigenvalue weighted by Gasteiger charge is -2.20. The average Bonchev–Trinajstić information content (AvgIpc) is 2.77. The van der Waals surface area contributed by atoms with Crippen LogP contribution in [0.2, 0.25) is 0 Å². The van der Waals surface area contributed by atoms with E-state index in [4.69, 9.17) is 9.84 Å². The van der Waals surface area contributed by atoms with Gasteiger partial charge < -0.3 is 20.1 Å². The molecule has 2 amide bonds. The quantitative estimate of drug-likeness (QED) is 0.685. The molecule has 0 bridgehead atoms. The lowest BCUT2D eigenvalue weighted by atomic mass is 10.3. The highest BCUT2D eigenvalue weighted by atomic mass is 32.2. The van der Waals surface area contributed by atoms with Crippen LogP contribution in [0, 0.1) is 0 Å². The highest BCUT2D eigenvalue weighted by molar-refractivity contribution is 7.99. The number of carboxylic acids is 1. The van der Waals surface area contributed by atoms with Crippen LogP contribution in [-0.2, 0) is 9.53 Å². The summed E-state index contributed by atoms with van der Waals surface area (Å²) < 4.78 is 4.89. The Morgan fingerprint density at radius 2 is 2.29 bits per heavy atom. The summed E-state index contributed by atoms with van der Waals surface area (Å²) in [6, 6.07) is -0.987. The Morgan fingerprint density at radius 1 is 1.53 bits per heavy atom. The summed E-state index contributed by atoms with van der Waals surface area (Å²) in [5, 5.41) is 11.6. The Bertz CT molecular complexity index is 275. The van der Waals surface area contributed by atoms with Gasteiger partial charge in [-0.3, -0.25) is 0 Å². The van der Waals surface area contributed by atoms with Crippen molar-refractivity contribution in [2.75, 3.05) is 31.9 Å². The molecule has 6 nitrogen and oxygen atoms in total. The fraction of sp³-hybridized carbons (Fsp3) is 0.800. The highest BCUT2D eigenvalue weighted by Gasteiger charge is 2.34. The molecule has 0 aromatic rings. The van der Waals surface area contributed by atoms with Crippen LogP contribution in [-0.4, -0.2) is 59.9 Å². The van der Waals surface area contributed by atoms with E-state index < -0.39 is 12.0 Å². The van der Waals surface area contributed by atoms with Gasteiger partial charge in [0.15, 0.2) is 0 Å². The van der Waals surface area contributed by atoms with E-state index >= 15 is 0 Å². The van der Waals surface area contributed by atoms with E-state index in [0.29, 0.717) is 24.8 Å². The summed E-state index contributed by atoms with van der Waals surface area (Å²) in [4.78, 5) is 23.9. The molecule has 1 unspecified atom stereocenters. The summed E-state index contributed by atoms with van der Waals surface area (Å²) in [6.45, 7) is 1.23. The molecule has 1 aliphatic rings. The Morgan fingerprint density at radius 3 is 2.94 bits per heavy atom. The van der Waals surface area contributed by atoms with Crippen LogP contribution < -0.4 is 5.32 Å². The predicted molar refractivity (Wildman–Crippen MR) is 65.1 cm³/mol. The molecule has 0 radical (unpaired) electrons. The average molecular weight is 262 g/mol. The summed E-state index contributed by atoms with van der Waals surface area (Å²) in [5.74, 6) is -0.0302. The number of carbonyl (C=O) groups excluding carboxylic acids is 1. The van der Waals surface area contributed by atoms with Gasteiger partial charge in [-0.05, 0) is 12.8 Å². The molecule has 1 rings (SSSR count). The number of hydrogen-bond acceptors (Lipinski definition) is 4. The normalized spacial score (nSPS) is 19.4. The Hall–Kier alpha value is -0.950. The number of carbonyl (C=O) groups is 2. The number of methoxy groups -OCH3 is 1. The Balaban J connectivity index is 2.25. The van der Waals surface area contributed by atoms with E-state index in [0.717, 1.165) is 12.8 Å². The number of hydrogen-bond donors (Lipinski definition) is 2. The summed E-state index contributed by atoms with van der Waals surface area (Å²) in [7, 11) is 1.64. The van der Waals surface area contributed by atoms with Crippen molar-refractivity contribution in [3.63, 3.8) is 0 Å². The summed E-state index contributed by atoms with van der Waals surface area (Å²) >= 11 is 1.46. The van der Waals surface area contributed by atoms with Gasteiger partial charge in [0.05, 0.1) is 5.88 Å². The van der Waals surface area contributed by atoms with Crippen LogP contribution in [0.3, 0.4) is 0 Å². The molecule has 0 aromatic carbocycles. The molecule has 0 spiro atoms. The van der Waals surface area contributed by atoms with Crippen LogP contribution in [0.5, 0.6) is 0 Å². The Labute approximate surface area is 105 Å². The first kappa shape index (κ1) is 14.1. The van der Waals surface area contributed by atoms with Crippen molar-refractivity contribution in [1.29, 1.82) is 0 Å². The van der Waals surface area contributed by atoms with E-state index in [-0.39, 0.29) is 6.03 Å². The van der Waals surface area contributed by atoms with Gasteiger partial charge in [-0.25, -0.2) is 9.59 Å². The van der Waals surface area contributed by atoms with Crippen molar-refractivity contribution < 1.29 is 19.4 Å². The van der Waals surface area contributed by atoms with Crippen LogP contribution in [0.25, 0.3) is 0 Å². The van der Waals surface area contributed by atoms with E-state index in [1.807, 2.05) is 0 Å². The molecule has 1 saturated heterocycles. The number of rotatable bonds is 6. The SMILES string of the molecule is COCCCCNC(=O)N1CSCC1C(=O)O. The maximum Gasteiger partial charge on any atom is 0.327 e. The summed E-state index contributed by atoms with van der Waals surface area (Å²) in [5.41, 5.74) is 0. The molecule has 0 aromatic heterocycles. The van der Waals surface area contributed by atoms with Crippen molar-refractivity contribution >= 4 is 23.8 Å². The maximum absolute atomic E-state index is 11.7. The number of carboxylic acid groups (broad SMARTS) is 1. The first-order chi connectivity index (χ1) is 8.16. The second kappa shape index (κ2) is 7.39. The molecular weight excluding hydrogens is 244 g/mol. The van der Waals surface area contributed by atoms with Gasteiger partial charge in [0.1, 0.15) is 6.04 Å². The van der Waals surface area contributed by atoms with Crippen LogP contribution in [0.15, 0.2) is 0 Å². The molecule has 1 aliphatic heterocycles. The van der Waals surface area contributed by atoms with Gasteiger partial charge in [0.25, 0.3) is 0 Å². The smallest absolute Gasteiger partial charge is 0.327 e. The monoisotopic (exact) mass is 262 g/mol. The second-order valence-corrected chi connectivity index (χ2v) is 4.76. The lowest BCUT2D eigenvalue weighted by Crippen LogP contribution is -2.47. The van der Waals surface area contributed by atoms with Crippen molar-refractivity contribution in [3.05, 3.63) is 0 Å². The number of urea groups is 1. The molecule has 1 atom stereocenters. The highest BCUT2D eigenvalue weighted by Crippen LogP contribution is 2.20. The molecule has 17 heavy (non-hydrogen) atoms. The molecule has 98 valence electrons. The second-order valence-electron chi connectivity index (χ2n) is 3.76. The standard InChI is InChI=1S/C10H18N2O4S/c1-16-5-3-2-4-11-10(15)12-7-17-6-8(12)9(13)14/h8H,2-7H2,1H3,(H,11,15)(H,13,14). The zero-order chi connectivity index (χ0) is 12.7. The Kier molecular flexibility index (Phi) is 6.13. The minimum absolute atomic E-state index is 0.292. The molecule has 2 N–H and O–H groups in total. The molecule has 0 saturated carbocycles. The fourth-order valence-electron chi connectivity index (χ4n) is 1.52. The molecule has 7 heteroatoms. The van der Waals surface area contributed by atoms with Gasteiger partial charge in [0.2, 0.25) is 0 Å². The van der Waals surface area contributed by atoms with Crippen molar-refractivity contribution in [2.24, 2.45) is 0 Å². The van der Waals surface area contributed by atoms with Gasteiger partial charge in [-0.2, -0.15) is 0 Å². The third-order valence-corrected chi connectivity index (χ3v) is 3.49. The third kappa shape index (κ3) is 4.43. The topological polar surface area (TPSA) is 78.9 Å². The molecule has 1 fully saturated rings. The van der Waals surface area contributed by atoms with E-state index in [1.165, 1.54) is 16.7 Å². The van der Waals surface area contributed by atoms with Crippen LogP contribution in [0.4, 0.5) is 4.79 Å². The number of unbranched alkanes of at least 4 members (excludes halogenated alkanes) is 1. The van der Waals surface area contributed by atoms with Gasteiger partial charge in [0, 0.05) is 26.0 Å². The minimum atomic E-state index is -0.940. The van der Waals surface area contributed by atoms with E-state index in [1.54, 1.807) is 7.11 Å². The first-order valence-electron chi connectivity index (χ1n) is 5.50. The minimum Gasteiger partial charge on any atom is -0.480 e. The summed E-state index contributed by atoms with van der Waals surface area (Å²) in [6.07, 6.45) is 1.71. The largest absolute Gasteiger partial charge is 0.480 e. The number of thioether (sulfide) groups is 1. The number of amides is 2. The van der Waals surface area contributed by atoms with E-state index in [2.05, 4.69) is 5.32 Å². The lowest BCUT2D eigenvalue weighted by molar-refractivity contribution is -0.140. The van der Waals surface area contributed by atoms with Gasteiger partial charge in [-0.15, -0.1) is 11.8 Å². The van der Waals surface area contributed by atoms with E-state index in [9.17, 15) is 9.59 Å². The van der Waals surface area contributed by atoms with Crippen LogP contribution in [0.1, 0.15) is 12.8 Å². The van der Waals surface area contributed by atoms with Gasteiger partial charge >= 0.3 is 12.0 Å². The van der Waals surface area contributed by atoms with Crippen LogP contribution >= 0.6 is 11.8 Å².